The minimum Gasteiger partial charge on any atom is -0.327 e. The van der Waals surface area contributed by atoms with E-state index in [2.05, 4.69) is 90.8 Å². The van der Waals surface area contributed by atoms with Gasteiger partial charge in [-0.1, -0.05) is 48.5 Å². The monoisotopic (exact) mass is 298 g/mol. The average molecular weight is 298 g/mol. The Balaban J connectivity index is 2.12. The maximum atomic E-state index is 2.25. The van der Waals surface area contributed by atoms with Crippen molar-refractivity contribution in [3.63, 3.8) is 0 Å². The lowest BCUT2D eigenvalue weighted by Gasteiger charge is -2.24. The van der Waals surface area contributed by atoms with E-state index < -0.39 is 0 Å². The molecule has 0 atom stereocenters. The number of benzene rings is 2. The molecule has 0 N–H and O–H groups in total. The molecule has 0 aliphatic heterocycles. The topological polar surface area (TPSA) is 0 Å². The summed E-state index contributed by atoms with van der Waals surface area (Å²) in [6.07, 6.45) is 0. The fourth-order valence-electron chi connectivity index (χ4n) is 2.70. The molecule has 0 saturated carbocycles. The van der Waals surface area contributed by atoms with Crippen LogP contribution in [0.2, 0.25) is 0 Å². The van der Waals surface area contributed by atoms with E-state index in [4.69, 9.17) is 0 Å². The Kier molecular flexibility index (Phi) is 4.74. The van der Waals surface area contributed by atoms with Crippen molar-refractivity contribution in [3.05, 3.63) is 59.7 Å². The van der Waals surface area contributed by atoms with Crippen LogP contribution in [0.15, 0.2) is 48.5 Å². The largest absolute Gasteiger partial charge is 0.327 e. The van der Waals surface area contributed by atoms with E-state index in [9.17, 15) is 0 Å². The normalized spacial score (nSPS) is 12.5. The Morgan fingerprint density at radius 1 is 0.500 bits per heavy atom. The Morgan fingerprint density at radius 3 is 1.00 bits per heavy atom. The van der Waals surface area contributed by atoms with Crippen molar-refractivity contribution in [2.45, 2.75) is 13.1 Å². The van der Waals surface area contributed by atoms with E-state index in [1.165, 1.54) is 22.3 Å². The molecule has 2 rings (SSSR count). The van der Waals surface area contributed by atoms with Gasteiger partial charge in [-0.05, 0) is 11.1 Å². The van der Waals surface area contributed by atoms with Crippen molar-refractivity contribution in [1.29, 1.82) is 0 Å². The molecular formula is C20H30N2+2. The van der Waals surface area contributed by atoms with Crippen molar-refractivity contribution >= 4 is 0 Å². The van der Waals surface area contributed by atoms with Gasteiger partial charge in [0.05, 0.1) is 42.3 Å². The Morgan fingerprint density at radius 2 is 0.773 bits per heavy atom. The number of hydrogen-bond donors (Lipinski definition) is 0. The van der Waals surface area contributed by atoms with Crippen LogP contribution in [0.4, 0.5) is 0 Å². The van der Waals surface area contributed by atoms with E-state index in [-0.39, 0.29) is 0 Å². The summed E-state index contributed by atoms with van der Waals surface area (Å²) >= 11 is 0. The first-order valence-corrected chi connectivity index (χ1v) is 7.92. The molecule has 118 valence electrons. The molecule has 0 bridgehead atoms. The number of quaternary nitrogens is 2. The first-order valence-electron chi connectivity index (χ1n) is 7.92. The smallest absolute Gasteiger partial charge is 0.104 e. The zero-order valence-electron chi connectivity index (χ0n) is 14.9. The minimum absolute atomic E-state index is 0.957. The molecule has 0 fully saturated rings. The molecule has 2 aromatic carbocycles. The molecule has 22 heavy (non-hydrogen) atoms. The molecule has 2 aromatic rings. The molecule has 0 aliphatic carbocycles. The third kappa shape index (κ3) is 5.28. The van der Waals surface area contributed by atoms with Gasteiger partial charge in [0.15, 0.2) is 0 Å². The summed E-state index contributed by atoms with van der Waals surface area (Å²) in [5.41, 5.74) is 5.36. The van der Waals surface area contributed by atoms with E-state index in [1.807, 2.05) is 0 Å². The van der Waals surface area contributed by atoms with Crippen LogP contribution in [0.1, 0.15) is 11.1 Å². The standard InChI is InChI=1S/C20H30N2/c1-21(2,3)15-17-7-11-19(12-8-17)20-13-9-18(10-14-20)16-22(4,5)6/h7-14H,15-16H2,1-6H3/q+2. The molecular weight excluding hydrogens is 268 g/mol. The van der Waals surface area contributed by atoms with Gasteiger partial charge in [-0.25, -0.2) is 0 Å². The lowest BCUT2D eigenvalue weighted by atomic mass is 10.0. The zero-order valence-corrected chi connectivity index (χ0v) is 14.9. The summed E-state index contributed by atoms with van der Waals surface area (Å²) in [5.74, 6) is 0. The van der Waals surface area contributed by atoms with Gasteiger partial charge >= 0.3 is 0 Å². The number of hydrogen-bond acceptors (Lipinski definition) is 0. The maximum absolute atomic E-state index is 2.25. The van der Waals surface area contributed by atoms with Crippen LogP contribution in [0.3, 0.4) is 0 Å². The van der Waals surface area contributed by atoms with Crippen molar-refractivity contribution in [2.75, 3.05) is 42.3 Å². The first-order chi connectivity index (χ1) is 10.1. The van der Waals surface area contributed by atoms with Crippen LogP contribution >= 0.6 is 0 Å². The third-order valence-electron chi connectivity index (χ3n) is 3.56. The van der Waals surface area contributed by atoms with E-state index in [0.29, 0.717) is 0 Å². The van der Waals surface area contributed by atoms with Crippen LogP contribution < -0.4 is 0 Å². The van der Waals surface area contributed by atoms with Crippen LogP contribution in [0.25, 0.3) is 11.1 Å². The molecule has 0 heterocycles. The lowest BCUT2D eigenvalue weighted by molar-refractivity contribution is -0.884. The van der Waals surface area contributed by atoms with Crippen LogP contribution in [-0.2, 0) is 13.1 Å². The van der Waals surface area contributed by atoms with Crippen molar-refractivity contribution in [1.82, 2.24) is 0 Å². The molecule has 0 aromatic heterocycles. The molecule has 0 saturated heterocycles. The molecule has 0 unspecified atom stereocenters. The second-order valence-electron chi connectivity index (χ2n) is 8.29. The van der Waals surface area contributed by atoms with Gasteiger partial charge in [0.2, 0.25) is 0 Å². The van der Waals surface area contributed by atoms with Gasteiger partial charge in [0, 0.05) is 11.1 Å². The quantitative estimate of drug-likeness (QED) is 0.737. The highest BCUT2D eigenvalue weighted by molar-refractivity contribution is 5.63. The molecule has 0 aliphatic rings. The van der Waals surface area contributed by atoms with Gasteiger partial charge in [-0.3, -0.25) is 0 Å². The molecule has 2 heteroatoms. The highest BCUT2D eigenvalue weighted by Gasteiger charge is 2.10. The highest BCUT2D eigenvalue weighted by Crippen LogP contribution is 2.22. The second kappa shape index (κ2) is 6.23. The summed E-state index contributed by atoms with van der Waals surface area (Å²) in [4.78, 5) is 0. The zero-order chi connectivity index (χ0) is 16.4. The molecule has 0 spiro atoms. The van der Waals surface area contributed by atoms with E-state index in [1.54, 1.807) is 0 Å². The Bertz CT molecular complexity index is 539. The van der Waals surface area contributed by atoms with Gasteiger partial charge < -0.3 is 8.97 Å². The van der Waals surface area contributed by atoms with Crippen LogP contribution in [0, 0.1) is 0 Å². The first kappa shape index (κ1) is 16.7. The van der Waals surface area contributed by atoms with Crippen molar-refractivity contribution < 1.29 is 8.97 Å². The fraction of sp³-hybridized carbons (Fsp3) is 0.400. The summed E-state index contributed by atoms with van der Waals surface area (Å²) in [7, 11) is 13.3. The summed E-state index contributed by atoms with van der Waals surface area (Å²) in [6.45, 7) is 2.12. The average Bonchev–Trinajstić information content (AvgIpc) is 2.37. The Hall–Kier alpha value is -1.64. The highest BCUT2D eigenvalue weighted by atomic mass is 15.3. The lowest BCUT2D eigenvalue weighted by Crippen LogP contribution is -2.33. The molecule has 0 radical (unpaired) electrons. The van der Waals surface area contributed by atoms with Crippen molar-refractivity contribution in [3.8, 4) is 11.1 Å². The minimum atomic E-state index is 0.957. The van der Waals surface area contributed by atoms with Crippen LogP contribution in [0.5, 0.6) is 0 Å². The SMILES string of the molecule is C[N+](C)(C)Cc1ccc(-c2ccc(C[N+](C)(C)C)cc2)cc1. The molecule has 2 nitrogen and oxygen atoms in total. The van der Waals surface area contributed by atoms with E-state index in [0.717, 1.165) is 22.1 Å². The molecule has 0 amide bonds. The Labute approximate surface area is 135 Å². The summed E-state index contributed by atoms with van der Waals surface area (Å²) in [5, 5.41) is 0. The summed E-state index contributed by atoms with van der Waals surface area (Å²) < 4.78 is 1.91. The number of rotatable bonds is 5. The van der Waals surface area contributed by atoms with Gasteiger partial charge in [0.1, 0.15) is 13.1 Å². The van der Waals surface area contributed by atoms with Crippen LogP contribution in [-0.4, -0.2) is 51.3 Å². The summed E-state index contributed by atoms with van der Waals surface area (Å²) in [6, 6.07) is 17.9. The number of nitrogens with zero attached hydrogens (tertiary/aromatic N) is 2. The van der Waals surface area contributed by atoms with Gasteiger partial charge in [0.25, 0.3) is 0 Å². The fourth-order valence-corrected chi connectivity index (χ4v) is 2.70. The second-order valence-corrected chi connectivity index (χ2v) is 8.29. The van der Waals surface area contributed by atoms with Gasteiger partial charge in [-0.15, -0.1) is 0 Å². The van der Waals surface area contributed by atoms with Gasteiger partial charge in [-0.2, -0.15) is 0 Å². The predicted molar refractivity (Wildman–Crippen MR) is 95.4 cm³/mol. The maximum Gasteiger partial charge on any atom is 0.104 e. The predicted octanol–water partition coefficient (Wildman–Crippen LogP) is 3.77. The third-order valence-corrected chi connectivity index (χ3v) is 3.56. The van der Waals surface area contributed by atoms with Crippen molar-refractivity contribution in [2.24, 2.45) is 0 Å². The van der Waals surface area contributed by atoms with E-state index >= 15 is 0 Å².